The molecule has 10 heteroatoms. The van der Waals surface area contributed by atoms with Crippen molar-refractivity contribution in [2.75, 3.05) is 26.4 Å². The number of amides is 1. The van der Waals surface area contributed by atoms with Crippen molar-refractivity contribution in [2.24, 2.45) is 0 Å². The number of phosphoric ester groups is 1. The SMILES string of the molecule is CCCCC/C=C\C/C=C\C/C=C\CCCCCCCCCCCCC(=O)NCCOP(=O)(O)OCC(O)COC(=O)CCCCCCCCCCCCCCCCCCCC. The predicted octanol–water partition coefficient (Wildman–Crippen LogP) is 15.3. The quantitative estimate of drug-likeness (QED) is 0.0238. The van der Waals surface area contributed by atoms with Crippen LogP contribution in [0.1, 0.15) is 251 Å². The number of rotatable bonds is 49. The molecule has 2 atom stereocenters. The third kappa shape index (κ3) is 49.2. The Morgan fingerprint density at radius 3 is 1.34 bits per heavy atom. The number of nitrogens with one attached hydrogen (secondary N) is 1. The van der Waals surface area contributed by atoms with Crippen LogP contribution in [0.2, 0.25) is 0 Å². The van der Waals surface area contributed by atoms with Crippen LogP contribution >= 0.6 is 7.82 Å². The molecule has 0 aliphatic heterocycles. The summed E-state index contributed by atoms with van der Waals surface area (Å²) in [6, 6.07) is 0. The smallest absolute Gasteiger partial charge is 0.463 e. The van der Waals surface area contributed by atoms with Gasteiger partial charge in [0.1, 0.15) is 12.7 Å². The molecular weight excluding hydrogens is 798 g/mol. The summed E-state index contributed by atoms with van der Waals surface area (Å²) in [5.74, 6) is -0.511. The molecule has 0 radical (unpaired) electrons. The predicted molar refractivity (Wildman–Crippen MR) is 261 cm³/mol. The zero-order valence-electron chi connectivity index (χ0n) is 40.3. The molecule has 0 aromatic carbocycles. The minimum absolute atomic E-state index is 0.0807. The van der Waals surface area contributed by atoms with Crippen molar-refractivity contribution >= 4 is 19.7 Å². The first-order chi connectivity index (χ1) is 30.3. The number of unbranched alkanes of at least 4 members (excludes halogenated alkanes) is 30. The highest BCUT2D eigenvalue weighted by atomic mass is 31.2. The number of hydrogen-bond acceptors (Lipinski definition) is 7. The average molecular weight is 896 g/mol. The minimum atomic E-state index is -4.42. The molecule has 364 valence electrons. The highest BCUT2D eigenvalue weighted by Gasteiger charge is 2.23. The summed E-state index contributed by atoms with van der Waals surface area (Å²) in [5.41, 5.74) is 0. The van der Waals surface area contributed by atoms with E-state index < -0.39 is 26.5 Å². The van der Waals surface area contributed by atoms with Gasteiger partial charge in [0.2, 0.25) is 5.91 Å². The first-order valence-electron chi connectivity index (χ1n) is 26.0. The van der Waals surface area contributed by atoms with E-state index in [0.717, 1.165) is 51.4 Å². The maximum atomic E-state index is 12.2. The minimum Gasteiger partial charge on any atom is -0.463 e. The van der Waals surface area contributed by atoms with Crippen LogP contribution < -0.4 is 5.32 Å². The Labute approximate surface area is 382 Å². The van der Waals surface area contributed by atoms with Crippen molar-refractivity contribution in [3.8, 4) is 0 Å². The van der Waals surface area contributed by atoms with E-state index in [-0.39, 0.29) is 32.1 Å². The van der Waals surface area contributed by atoms with Gasteiger partial charge in [-0.1, -0.05) is 224 Å². The van der Waals surface area contributed by atoms with Gasteiger partial charge in [0.25, 0.3) is 0 Å². The first kappa shape index (κ1) is 60.2. The fourth-order valence-corrected chi connectivity index (χ4v) is 8.15. The Balaban J connectivity index is 3.54. The molecule has 62 heavy (non-hydrogen) atoms. The second-order valence-corrected chi connectivity index (χ2v) is 19.0. The van der Waals surface area contributed by atoms with E-state index >= 15 is 0 Å². The van der Waals surface area contributed by atoms with E-state index in [2.05, 4.69) is 55.6 Å². The maximum absolute atomic E-state index is 12.2. The number of carbonyl (C=O) groups excluding carboxylic acids is 2. The standard InChI is InChI=1S/C52H98NO8P/c1-3-5-7-9-11-13-15-17-19-21-23-24-25-26-27-28-30-32-34-36-38-40-42-44-51(55)53-46-47-60-62(57,58)61-49-50(54)48-59-52(56)45-43-41-39-37-35-33-31-29-22-20-18-16-14-12-10-8-6-4-2/h11,13,17,19,23-24,50,54H,3-10,12,14-16,18,20-22,25-49H2,1-2H3,(H,53,55)(H,57,58)/b13-11-,19-17-,24-23-. The van der Waals surface area contributed by atoms with Gasteiger partial charge in [-0.05, 0) is 51.4 Å². The number of phosphoric acid groups is 1. The molecule has 0 heterocycles. The Morgan fingerprint density at radius 2 is 0.871 bits per heavy atom. The molecule has 0 aromatic rings. The number of allylic oxidation sites excluding steroid dienone is 6. The van der Waals surface area contributed by atoms with Crippen LogP contribution in [0.25, 0.3) is 0 Å². The van der Waals surface area contributed by atoms with Crippen LogP contribution in [0.3, 0.4) is 0 Å². The topological polar surface area (TPSA) is 131 Å². The largest absolute Gasteiger partial charge is 0.472 e. The molecule has 0 rings (SSSR count). The molecule has 9 nitrogen and oxygen atoms in total. The van der Waals surface area contributed by atoms with Gasteiger partial charge in [-0.15, -0.1) is 0 Å². The highest BCUT2D eigenvalue weighted by Crippen LogP contribution is 2.42. The van der Waals surface area contributed by atoms with Gasteiger partial charge in [-0.3, -0.25) is 18.6 Å². The van der Waals surface area contributed by atoms with E-state index in [1.54, 1.807) is 0 Å². The highest BCUT2D eigenvalue weighted by molar-refractivity contribution is 7.47. The molecule has 0 bridgehead atoms. The molecule has 0 saturated heterocycles. The monoisotopic (exact) mass is 896 g/mol. The maximum Gasteiger partial charge on any atom is 0.472 e. The number of aliphatic hydroxyl groups excluding tert-OH is 1. The lowest BCUT2D eigenvalue weighted by Gasteiger charge is -2.15. The van der Waals surface area contributed by atoms with E-state index in [0.29, 0.717) is 6.42 Å². The fraction of sp³-hybridized carbons (Fsp3) is 0.846. The normalized spacial score (nSPS) is 13.4. The molecular formula is C52H98NO8P. The van der Waals surface area contributed by atoms with Crippen molar-refractivity contribution in [3.05, 3.63) is 36.5 Å². The van der Waals surface area contributed by atoms with E-state index in [4.69, 9.17) is 13.8 Å². The van der Waals surface area contributed by atoms with E-state index in [1.165, 1.54) is 173 Å². The second kappa shape index (κ2) is 48.7. The van der Waals surface area contributed by atoms with Crippen LogP contribution in [-0.2, 0) is 27.9 Å². The van der Waals surface area contributed by atoms with Crippen LogP contribution in [0.4, 0.5) is 0 Å². The zero-order valence-corrected chi connectivity index (χ0v) is 41.2. The summed E-state index contributed by atoms with van der Waals surface area (Å²) in [4.78, 5) is 34.1. The summed E-state index contributed by atoms with van der Waals surface area (Å²) in [7, 11) is -4.42. The summed E-state index contributed by atoms with van der Waals surface area (Å²) in [5, 5.41) is 12.8. The zero-order chi connectivity index (χ0) is 45.3. The molecule has 0 saturated carbocycles. The second-order valence-electron chi connectivity index (χ2n) is 17.5. The lowest BCUT2D eigenvalue weighted by Crippen LogP contribution is -2.27. The Morgan fingerprint density at radius 1 is 0.500 bits per heavy atom. The van der Waals surface area contributed by atoms with Crippen LogP contribution in [-0.4, -0.2) is 54.3 Å². The molecule has 0 fully saturated rings. The summed E-state index contributed by atoms with van der Waals surface area (Å²) >= 11 is 0. The summed E-state index contributed by atoms with van der Waals surface area (Å²) in [6.07, 6.45) is 56.5. The lowest BCUT2D eigenvalue weighted by atomic mass is 10.0. The lowest BCUT2D eigenvalue weighted by molar-refractivity contribution is -0.147. The summed E-state index contributed by atoms with van der Waals surface area (Å²) < 4.78 is 27.0. The van der Waals surface area contributed by atoms with Crippen molar-refractivity contribution in [2.45, 2.75) is 258 Å². The number of hydrogen-bond donors (Lipinski definition) is 3. The molecule has 2 unspecified atom stereocenters. The van der Waals surface area contributed by atoms with Gasteiger partial charge in [0, 0.05) is 19.4 Å². The van der Waals surface area contributed by atoms with Crippen molar-refractivity contribution in [1.82, 2.24) is 5.32 Å². The summed E-state index contributed by atoms with van der Waals surface area (Å²) in [6.45, 7) is 3.57. The van der Waals surface area contributed by atoms with Gasteiger partial charge in [-0.25, -0.2) is 4.57 Å². The molecule has 0 aliphatic rings. The number of aliphatic hydroxyl groups is 1. The number of esters is 1. The van der Waals surface area contributed by atoms with Gasteiger partial charge < -0.3 is 20.1 Å². The van der Waals surface area contributed by atoms with E-state index in [1.807, 2.05) is 0 Å². The Bertz CT molecular complexity index is 1110. The van der Waals surface area contributed by atoms with Gasteiger partial charge in [0.15, 0.2) is 0 Å². The first-order valence-corrected chi connectivity index (χ1v) is 27.5. The average Bonchev–Trinajstić information content (AvgIpc) is 3.26. The van der Waals surface area contributed by atoms with Crippen molar-refractivity contribution in [1.29, 1.82) is 0 Å². The molecule has 0 aromatic heterocycles. The Kier molecular flexibility index (Phi) is 47.3. The van der Waals surface area contributed by atoms with Crippen LogP contribution in [0.15, 0.2) is 36.5 Å². The van der Waals surface area contributed by atoms with Crippen molar-refractivity contribution in [3.63, 3.8) is 0 Å². The molecule has 0 aliphatic carbocycles. The third-order valence-corrected chi connectivity index (χ3v) is 12.3. The van der Waals surface area contributed by atoms with Gasteiger partial charge in [-0.2, -0.15) is 0 Å². The molecule has 1 amide bonds. The van der Waals surface area contributed by atoms with Gasteiger partial charge >= 0.3 is 13.8 Å². The van der Waals surface area contributed by atoms with Crippen LogP contribution in [0, 0.1) is 0 Å². The van der Waals surface area contributed by atoms with E-state index in [9.17, 15) is 24.2 Å². The third-order valence-electron chi connectivity index (χ3n) is 11.3. The Hall–Kier alpha value is -1.77. The fourth-order valence-electron chi connectivity index (χ4n) is 7.39. The van der Waals surface area contributed by atoms with Crippen molar-refractivity contribution < 1.29 is 37.9 Å². The van der Waals surface area contributed by atoms with Crippen LogP contribution in [0.5, 0.6) is 0 Å². The number of carbonyl (C=O) groups is 2. The molecule has 3 N–H and O–H groups in total. The van der Waals surface area contributed by atoms with Gasteiger partial charge in [0.05, 0.1) is 13.2 Å². The number of ether oxygens (including phenoxy) is 1. The molecule has 0 spiro atoms.